The fourth-order valence-electron chi connectivity index (χ4n) is 6.24. The molecule has 184 valence electrons. The first-order valence-electron chi connectivity index (χ1n) is 12.0. The van der Waals surface area contributed by atoms with E-state index < -0.39 is 35.1 Å². The number of aliphatic hydroxyl groups is 1. The number of ether oxygens (including phenoxy) is 3. The third-order valence-electron chi connectivity index (χ3n) is 7.38. The predicted octanol–water partition coefficient (Wildman–Crippen LogP) is 5.37. The monoisotopic (exact) mass is 496 g/mol. The Balaban J connectivity index is 1.75. The number of benzene rings is 2. The lowest BCUT2D eigenvalue weighted by Crippen LogP contribution is -2.42. The van der Waals surface area contributed by atoms with Gasteiger partial charge in [0.1, 0.15) is 17.1 Å². The maximum absolute atomic E-state index is 12.6. The van der Waals surface area contributed by atoms with E-state index in [0.717, 1.165) is 11.1 Å². The van der Waals surface area contributed by atoms with Gasteiger partial charge in [0.05, 0.1) is 18.9 Å². The summed E-state index contributed by atoms with van der Waals surface area (Å²) in [6.45, 7) is 4.42. The molecule has 2 aromatic carbocycles. The largest absolute Gasteiger partial charge is 0.498 e. The smallest absolute Gasteiger partial charge is 0.307 e. The van der Waals surface area contributed by atoms with Crippen molar-refractivity contribution in [2.45, 2.75) is 44.0 Å². The number of allylic oxidation sites excluding steroid dienone is 1. The molecule has 1 heterocycles. The van der Waals surface area contributed by atoms with Crippen LogP contribution in [0.5, 0.6) is 0 Å². The zero-order valence-corrected chi connectivity index (χ0v) is 20.5. The fourth-order valence-corrected chi connectivity index (χ4v) is 6.36. The quantitative estimate of drug-likeness (QED) is 0.501. The standard InChI is InChI=1S/C28H29ClO6/c1-3-33-20-14-23-25(27(32,16-20)34-4-2)22-15-21(26(30)31)24(17-8-6-5-7-9-17)28(22,35-23)18-10-12-19(29)13-11-18/h5-14,21-22,24,32H,3-4,15-16H2,1-2H3,(H,30,31)/t21-,22-,24-,27?,28-/m1/s1. The first kappa shape index (κ1) is 23.9. The summed E-state index contributed by atoms with van der Waals surface area (Å²) in [4.78, 5) is 12.6. The normalized spacial score (nSPS) is 31.4. The van der Waals surface area contributed by atoms with E-state index in [0.29, 0.717) is 35.1 Å². The Morgan fingerprint density at radius 2 is 1.83 bits per heavy atom. The highest BCUT2D eigenvalue weighted by molar-refractivity contribution is 6.30. The summed E-state index contributed by atoms with van der Waals surface area (Å²) < 4.78 is 18.6. The van der Waals surface area contributed by atoms with Crippen molar-refractivity contribution >= 4 is 17.6 Å². The van der Waals surface area contributed by atoms with Crippen molar-refractivity contribution in [3.63, 3.8) is 0 Å². The Hall–Kier alpha value is -2.80. The van der Waals surface area contributed by atoms with Crippen molar-refractivity contribution in [2.24, 2.45) is 11.8 Å². The molecule has 1 saturated carbocycles. The molecular weight excluding hydrogens is 468 g/mol. The highest BCUT2D eigenvalue weighted by atomic mass is 35.5. The summed E-state index contributed by atoms with van der Waals surface area (Å²) in [5.74, 6) is -3.16. The van der Waals surface area contributed by atoms with Gasteiger partial charge in [0, 0.05) is 35.1 Å². The average molecular weight is 497 g/mol. The van der Waals surface area contributed by atoms with Gasteiger partial charge in [-0.25, -0.2) is 0 Å². The van der Waals surface area contributed by atoms with Gasteiger partial charge >= 0.3 is 5.97 Å². The molecule has 0 saturated heterocycles. The molecule has 0 spiro atoms. The molecule has 0 amide bonds. The van der Waals surface area contributed by atoms with E-state index >= 15 is 0 Å². The number of carbonyl (C=O) groups is 1. The maximum Gasteiger partial charge on any atom is 0.307 e. The number of fused-ring (bicyclic) bond motifs is 2. The van der Waals surface area contributed by atoms with Crippen LogP contribution in [0.2, 0.25) is 5.02 Å². The van der Waals surface area contributed by atoms with E-state index in [2.05, 4.69) is 0 Å². The molecular formula is C28H29ClO6. The van der Waals surface area contributed by atoms with E-state index in [-0.39, 0.29) is 13.0 Å². The van der Waals surface area contributed by atoms with Crippen molar-refractivity contribution in [1.29, 1.82) is 0 Å². The lowest BCUT2D eigenvalue weighted by molar-refractivity contribution is -0.182. The van der Waals surface area contributed by atoms with E-state index in [1.165, 1.54) is 0 Å². The molecule has 2 aliphatic carbocycles. The second-order valence-corrected chi connectivity index (χ2v) is 9.68. The predicted molar refractivity (Wildman–Crippen MR) is 131 cm³/mol. The van der Waals surface area contributed by atoms with Gasteiger partial charge in [0.25, 0.3) is 0 Å². The first-order valence-corrected chi connectivity index (χ1v) is 12.4. The van der Waals surface area contributed by atoms with Crippen LogP contribution in [0.4, 0.5) is 0 Å². The molecule has 7 heteroatoms. The lowest BCUT2D eigenvalue weighted by Gasteiger charge is -2.38. The Kier molecular flexibility index (Phi) is 6.16. The van der Waals surface area contributed by atoms with E-state index in [9.17, 15) is 15.0 Å². The minimum Gasteiger partial charge on any atom is -0.498 e. The van der Waals surface area contributed by atoms with Crippen LogP contribution in [-0.4, -0.2) is 35.2 Å². The molecule has 35 heavy (non-hydrogen) atoms. The second kappa shape index (κ2) is 9.01. The highest BCUT2D eigenvalue weighted by Crippen LogP contribution is 2.67. The second-order valence-electron chi connectivity index (χ2n) is 9.24. The summed E-state index contributed by atoms with van der Waals surface area (Å²) >= 11 is 6.22. The van der Waals surface area contributed by atoms with Gasteiger partial charge in [0.2, 0.25) is 0 Å². The molecule has 2 aromatic rings. The van der Waals surface area contributed by atoms with Crippen LogP contribution in [0.15, 0.2) is 77.8 Å². The van der Waals surface area contributed by atoms with Crippen LogP contribution in [0.3, 0.4) is 0 Å². The number of carboxylic acids is 1. The molecule has 0 bridgehead atoms. The van der Waals surface area contributed by atoms with Gasteiger partial charge in [0.15, 0.2) is 5.79 Å². The van der Waals surface area contributed by atoms with Crippen LogP contribution in [0, 0.1) is 11.8 Å². The molecule has 5 rings (SSSR count). The van der Waals surface area contributed by atoms with Crippen molar-refractivity contribution in [2.75, 3.05) is 13.2 Å². The molecule has 2 N–H and O–H groups in total. The van der Waals surface area contributed by atoms with Gasteiger partial charge in [-0.1, -0.05) is 54.1 Å². The van der Waals surface area contributed by atoms with Crippen molar-refractivity contribution in [1.82, 2.24) is 0 Å². The Bertz CT molecular complexity index is 1170. The number of hydrogen-bond donors (Lipinski definition) is 2. The molecule has 5 atom stereocenters. The third-order valence-corrected chi connectivity index (χ3v) is 7.63. The van der Waals surface area contributed by atoms with E-state index in [1.807, 2.05) is 62.4 Å². The molecule has 3 aliphatic rings. The van der Waals surface area contributed by atoms with Crippen LogP contribution in [0.25, 0.3) is 0 Å². The minimum absolute atomic E-state index is 0.137. The fraction of sp³-hybridized carbons (Fsp3) is 0.393. The zero-order valence-electron chi connectivity index (χ0n) is 19.7. The number of halogens is 1. The summed E-state index contributed by atoms with van der Waals surface area (Å²) in [5.41, 5.74) is 1.20. The Labute approximate surface area is 209 Å². The Morgan fingerprint density at radius 1 is 1.11 bits per heavy atom. The lowest BCUT2D eigenvalue weighted by atomic mass is 9.71. The molecule has 1 fully saturated rings. The number of carboxylic acid groups (broad SMARTS) is 1. The van der Waals surface area contributed by atoms with Gasteiger partial charge in [-0.05, 0) is 43.5 Å². The Morgan fingerprint density at radius 3 is 2.46 bits per heavy atom. The van der Waals surface area contributed by atoms with E-state index in [4.69, 9.17) is 25.8 Å². The van der Waals surface area contributed by atoms with Crippen molar-refractivity contribution < 1.29 is 29.2 Å². The van der Waals surface area contributed by atoms with E-state index in [1.54, 1.807) is 12.1 Å². The van der Waals surface area contributed by atoms with Crippen LogP contribution in [0.1, 0.15) is 43.7 Å². The molecule has 1 unspecified atom stereocenters. The summed E-state index contributed by atoms with van der Waals surface area (Å²) in [6.07, 6.45) is 2.25. The molecule has 1 aliphatic heterocycles. The van der Waals surface area contributed by atoms with Crippen molar-refractivity contribution in [3.05, 3.63) is 93.9 Å². The third kappa shape index (κ3) is 3.75. The van der Waals surface area contributed by atoms with Gasteiger partial charge in [-0.2, -0.15) is 0 Å². The molecule has 0 aromatic heterocycles. The first-order chi connectivity index (χ1) is 16.8. The van der Waals surface area contributed by atoms with Crippen LogP contribution < -0.4 is 0 Å². The summed E-state index contributed by atoms with van der Waals surface area (Å²) in [7, 11) is 0. The number of hydrogen-bond acceptors (Lipinski definition) is 5. The highest BCUT2D eigenvalue weighted by Gasteiger charge is 2.68. The molecule has 0 radical (unpaired) electrons. The SMILES string of the molecule is CCOC1=CC2=C([C@H]3C[C@@H](C(=O)O)[C@@H](c4ccccc4)[C@]3(c3ccc(Cl)cc3)O2)C(O)(OCC)C1. The molecule has 6 nitrogen and oxygen atoms in total. The summed E-state index contributed by atoms with van der Waals surface area (Å²) in [5, 5.41) is 22.7. The number of rotatable bonds is 7. The maximum atomic E-state index is 12.6. The van der Waals surface area contributed by atoms with Crippen molar-refractivity contribution in [3.8, 4) is 0 Å². The van der Waals surface area contributed by atoms with Gasteiger partial charge in [-0.3, -0.25) is 4.79 Å². The van der Waals surface area contributed by atoms with Gasteiger partial charge < -0.3 is 24.4 Å². The number of aliphatic carboxylic acids is 1. The van der Waals surface area contributed by atoms with Crippen LogP contribution in [-0.2, 0) is 24.6 Å². The van der Waals surface area contributed by atoms with Crippen LogP contribution >= 0.6 is 11.6 Å². The minimum atomic E-state index is -1.66. The topological polar surface area (TPSA) is 85.2 Å². The average Bonchev–Trinajstić information content (AvgIpc) is 3.32. The summed E-state index contributed by atoms with van der Waals surface area (Å²) in [6, 6.07) is 17.0. The zero-order chi connectivity index (χ0) is 24.8. The van der Waals surface area contributed by atoms with Gasteiger partial charge in [-0.15, -0.1) is 0 Å².